The maximum Gasteiger partial charge on any atom is 0.278 e. The summed E-state index contributed by atoms with van der Waals surface area (Å²) in [4.78, 5) is 17.9. The normalized spacial score (nSPS) is 10.3. The number of carbonyl (C=O) groups excluding carboxylic acids is 1. The lowest BCUT2D eigenvalue weighted by atomic mass is 10.3. The predicted octanol–water partition coefficient (Wildman–Crippen LogP) is 1.12. The zero-order valence-corrected chi connectivity index (χ0v) is 10.3. The number of amides is 1. The molecule has 94 valence electrons. The summed E-state index contributed by atoms with van der Waals surface area (Å²) in [6, 6.07) is 9.47. The van der Waals surface area contributed by atoms with E-state index in [1.54, 1.807) is 24.5 Å². The predicted molar refractivity (Wildman–Crippen MR) is 70.5 cm³/mol. The van der Waals surface area contributed by atoms with Crippen LogP contribution < -0.4 is 10.6 Å². The molecule has 0 aliphatic carbocycles. The number of rotatable bonds is 4. The first-order valence-corrected chi connectivity index (χ1v) is 5.77. The highest BCUT2D eigenvalue weighted by atomic mass is 16.2. The van der Waals surface area contributed by atoms with Gasteiger partial charge in [0.05, 0.1) is 6.33 Å². The molecule has 18 heavy (non-hydrogen) atoms. The lowest BCUT2D eigenvalue weighted by Gasteiger charge is -2.15. The second-order valence-electron chi connectivity index (χ2n) is 3.99. The van der Waals surface area contributed by atoms with E-state index in [9.17, 15) is 4.79 Å². The van der Waals surface area contributed by atoms with E-state index in [1.807, 2.05) is 34.9 Å². The molecule has 1 aromatic carbocycles. The van der Waals surface area contributed by atoms with Gasteiger partial charge in [0.25, 0.3) is 5.91 Å². The van der Waals surface area contributed by atoms with E-state index in [-0.39, 0.29) is 5.91 Å². The summed E-state index contributed by atoms with van der Waals surface area (Å²) in [5.41, 5.74) is 6.72. The Bertz CT molecular complexity index is 521. The SMILES string of the molecule is CN(C(=O)c1cn(CCN)cn1)c1ccccc1. The summed E-state index contributed by atoms with van der Waals surface area (Å²) >= 11 is 0. The molecule has 2 N–H and O–H groups in total. The maximum atomic E-state index is 12.2. The van der Waals surface area contributed by atoms with Gasteiger partial charge in [0, 0.05) is 32.0 Å². The van der Waals surface area contributed by atoms with Gasteiger partial charge >= 0.3 is 0 Å². The standard InChI is InChI=1S/C13H16N4O/c1-16(11-5-3-2-4-6-11)13(18)12-9-17(8-7-14)10-15-12/h2-6,9-10H,7-8,14H2,1H3. The van der Waals surface area contributed by atoms with E-state index in [1.165, 1.54) is 0 Å². The summed E-state index contributed by atoms with van der Waals surface area (Å²) < 4.78 is 1.81. The number of nitrogens with zero attached hydrogens (tertiary/aromatic N) is 3. The van der Waals surface area contributed by atoms with Crippen molar-refractivity contribution in [1.82, 2.24) is 9.55 Å². The Hall–Kier alpha value is -2.14. The van der Waals surface area contributed by atoms with Gasteiger partial charge in [0.2, 0.25) is 0 Å². The van der Waals surface area contributed by atoms with Crippen LogP contribution in [0.1, 0.15) is 10.5 Å². The quantitative estimate of drug-likeness (QED) is 0.876. The van der Waals surface area contributed by atoms with E-state index in [0.717, 1.165) is 5.69 Å². The molecule has 5 heteroatoms. The average Bonchev–Trinajstić information content (AvgIpc) is 2.87. The van der Waals surface area contributed by atoms with Crippen LogP contribution >= 0.6 is 0 Å². The lowest BCUT2D eigenvalue weighted by Crippen LogP contribution is -2.26. The minimum absolute atomic E-state index is 0.128. The molecule has 0 unspecified atom stereocenters. The Labute approximate surface area is 106 Å². The number of imidazole rings is 1. The summed E-state index contributed by atoms with van der Waals surface area (Å²) in [6.07, 6.45) is 3.34. The number of hydrogen-bond donors (Lipinski definition) is 1. The van der Waals surface area contributed by atoms with Gasteiger partial charge in [-0.05, 0) is 12.1 Å². The molecule has 1 amide bonds. The highest BCUT2D eigenvalue weighted by molar-refractivity contribution is 6.04. The minimum atomic E-state index is -0.128. The third-order valence-corrected chi connectivity index (χ3v) is 2.69. The maximum absolute atomic E-state index is 12.2. The summed E-state index contributed by atoms with van der Waals surface area (Å²) in [7, 11) is 1.74. The molecule has 5 nitrogen and oxygen atoms in total. The van der Waals surface area contributed by atoms with E-state index < -0.39 is 0 Å². The van der Waals surface area contributed by atoms with Crippen molar-refractivity contribution >= 4 is 11.6 Å². The Balaban J connectivity index is 2.15. The van der Waals surface area contributed by atoms with Crippen LogP contribution in [-0.4, -0.2) is 29.1 Å². The molecule has 0 bridgehead atoms. The fourth-order valence-corrected chi connectivity index (χ4v) is 1.68. The zero-order valence-electron chi connectivity index (χ0n) is 10.3. The molecule has 0 aliphatic heterocycles. The monoisotopic (exact) mass is 244 g/mol. The Morgan fingerprint density at radius 1 is 1.39 bits per heavy atom. The molecule has 0 saturated heterocycles. The third kappa shape index (κ3) is 2.57. The third-order valence-electron chi connectivity index (χ3n) is 2.69. The van der Waals surface area contributed by atoms with Gasteiger partial charge in [0.1, 0.15) is 5.69 Å². The first-order valence-electron chi connectivity index (χ1n) is 5.77. The van der Waals surface area contributed by atoms with E-state index in [0.29, 0.717) is 18.8 Å². The number of carbonyl (C=O) groups is 1. The number of benzene rings is 1. The van der Waals surface area contributed by atoms with Crippen LogP contribution in [0.3, 0.4) is 0 Å². The van der Waals surface area contributed by atoms with Crippen LogP contribution in [0.4, 0.5) is 5.69 Å². The van der Waals surface area contributed by atoms with Crippen molar-refractivity contribution < 1.29 is 4.79 Å². The smallest absolute Gasteiger partial charge is 0.278 e. The van der Waals surface area contributed by atoms with Crippen LogP contribution in [0, 0.1) is 0 Å². The van der Waals surface area contributed by atoms with Gasteiger partial charge < -0.3 is 15.2 Å². The van der Waals surface area contributed by atoms with Crippen LogP contribution in [0.25, 0.3) is 0 Å². The second kappa shape index (κ2) is 5.46. The molecule has 0 atom stereocenters. The number of aromatic nitrogens is 2. The van der Waals surface area contributed by atoms with E-state index >= 15 is 0 Å². The molecule has 1 heterocycles. The number of nitrogens with two attached hydrogens (primary N) is 1. The number of hydrogen-bond acceptors (Lipinski definition) is 3. The van der Waals surface area contributed by atoms with Crippen LogP contribution in [-0.2, 0) is 6.54 Å². The van der Waals surface area contributed by atoms with E-state index in [4.69, 9.17) is 5.73 Å². The first kappa shape index (κ1) is 12.3. The van der Waals surface area contributed by atoms with Crippen LogP contribution in [0.15, 0.2) is 42.9 Å². The minimum Gasteiger partial charge on any atom is -0.335 e. The molecule has 1 aromatic heterocycles. The Morgan fingerprint density at radius 3 is 2.78 bits per heavy atom. The number of para-hydroxylation sites is 1. The Kier molecular flexibility index (Phi) is 3.74. The van der Waals surface area contributed by atoms with Crippen molar-refractivity contribution in [2.24, 2.45) is 5.73 Å². The topological polar surface area (TPSA) is 64.2 Å². The highest BCUT2D eigenvalue weighted by Crippen LogP contribution is 2.13. The van der Waals surface area contributed by atoms with Gasteiger partial charge in [-0.15, -0.1) is 0 Å². The van der Waals surface area contributed by atoms with Crippen molar-refractivity contribution in [3.63, 3.8) is 0 Å². The van der Waals surface area contributed by atoms with Crippen molar-refractivity contribution in [2.45, 2.75) is 6.54 Å². The second-order valence-corrected chi connectivity index (χ2v) is 3.99. The van der Waals surface area contributed by atoms with Gasteiger partial charge in [-0.2, -0.15) is 0 Å². The molecule has 0 spiro atoms. The summed E-state index contributed by atoms with van der Waals surface area (Å²) in [5, 5.41) is 0. The van der Waals surface area contributed by atoms with Gasteiger partial charge in [0.15, 0.2) is 0 Å². The molecule has 0 fully saturated rings. The van der Waals surface area contributed by atoms with Crippen LogP contribution in [0.5, 0.6) is 0 Å². The molecule has 0 radical (unpaired) electrons. The van der Waals surface area contributed by atoms with E-state index in [2.05, 4.69) is 4.98 Å². The zero-order chi connectivity index (χ0) is 13.0. The molecular formula is C13H16N4O. The highest BCUT2D eigenvalue weighted by Gasteiger charge is 2.15. The van der Waals surface area contributed by atoms with Crippen molar-refractivity contribution in [3.8, 4) is 0 Å². The lowest BCUT2D eigenvalue weighted by molar-refractivity contribution is 0.0988. The summed E-state index contributed by atoms with van der Waals surface area (Å²) in [5.74, 6) is -0.128. The largest absolute Gasteiger partial charge is 0.335 e. The van der Waals surface area contributed by atoms with Gasteiger partial charge in [-0.25, -0.2) is 4.98 Å². The fourth-order valence-electron chi connectivity index (χ4n) is 1.68. The fraction of sp³-hybridized carbons (Fsp3) is 0.231. The van der Waals surface area contributed by atoms with Gasteiger partial charge in [-0.3, -0.25) is 4.79 Å². The average molecular weight is 244 g/mol. The van der Waals surface area contributed by atoms with Gasteiger partial charge in [-0.1, -0.05) is 18.2 Å². The molecule has 0 aliphatic rings. The molecule has 2 aromatic rings. The molecular weight excluding hydrogens is 228 g/mol. The van der Waals surface area contributed by atoms with Crippen molar-refractivity contribution in [1.29, 1.82) is 0 Å². The van der Waals surface area contributed by atoms with Crippen molar-refractivity contribution in [2.75, 3.05) is 18.5 Å². The summed E-state index contributed by atoms with van der Waals surface area (Å²) in [6.45, 7) is 1.19. The number of anilines is 1. The molecule has 0 saturated carbocycles. The molecule has 2 rings (SSSR count). The Morgan fingerprint density at radius 2 is 2.11 bits per heavy atom. The van der Waals surface area contributed by atoms with Crippen LogP contribution in [0.2, 0.25) is 0 Å². The van der Waals surface area contributed by atoms with Crippen molar-refractivity contribution in [3.05, 3.63) is 48.5 Å². The first-order chi connectivity index (χ1) is 8.72.